The van der Waals surface area contributed by atoms with Crippen LogP contribution in [0.3, 0.4) is 0 Å². The van der Waals surface area contributed by atoms with E-state index in [0.717, 1.165) is 39.1 Å². The molecule has 0 aromatic heterocycles. The number of nitrogens with zero attached hydrogens (tertiary/aromatic N) is 2. The van der Waals surface area contributed by atoms with Gasteiger partial charge in [0.2, 0.25) is 0 Å². The van der Waals surface area contributed by atoms with E-state index in [1.165, 1.54) is 64.2 Å². The van der Waals surface area contributed by atoms with Gasteiger partial charge < -0.3 is 28.7 Å². The lowest BCUT2D eigenvalue weighted by atomic mass is 9.92. The number of hydrogen-bond acceptors (Lipinski definition) is 6. The monoisotopic (exact) mass is 574 g/mol. The van der Waals surface area contributed by atoms with Crippen molar-refractivity contribution in [1.29, 1.82) is 0 Å². The summed E-state index contributed by atoms with van der Waals surface area (Å²) in [4.78, 5) is 4.30. The molecule has 0 saturated carbocycles. The molecule has 0 rings (SSSR count). The van der Waals surface area contributed by atoms with Crippen molar-refractivity contribution in [2.75, 3.05) is 94.1 Å². The quantitative estimate of drug-likeness (QED) is 0.0965. The van der Waals surface area contributed by atoms with Gasteiger partial charge in [-0.1, -0.05) is 78.1 Å². The second kappa shape index (κ2) is 30.9. The van der Waals surface area contributed by atoms with E-state index in [2.05, 4.69) is 51.8 Å². The average molecular weight is 576 g/mol. The first kappa shape index (κ1) is 41.8. The first-order chi connectivity index (χ1) is 17.0. The molecule has 0 amide bonds. The van der Waals surface area contributed by atoms with Gasteiger partial charge in [-0.25, -0.2) is 0 Å². The van der Waals surface area contributed by atoms with Crippen LogP contribution in [0.4, 0.5) is 0 Å². The van der Waals surface area contributed by atoms with Crippen molar-refractivity contribution in [2.24, 2.45) is 5.41 Å². The van der Waals surface area contributed by atoms with E-state index in [0.29, 0.717) is 39.6 Å². The summed E-state index contributed by atoms with van der Waals surface area (Å²) in [6.07, 6.45) is 15.3. The molecule has 0 spiro atoms. The molecular formula is C29H64Cl2N2O4. The minimum absolute atomic E-state index is 0. The van der Waals surface area contributed by atoms with Crippen LogP contribution >= 0.6 is 24.8 Å². The third-order valence-electron chi connectivity index (χ3n) is 6.28. The zero-order valence-corrected chi connectivity index (χ0v) is 27.0. The molecule has 0 saturated heterocycles. The van der Waals surface area contributed by atoms with E-state index in [4.69, 9.17) is 18.9 Å². The molecule has 8 heteroatoms. The SMILES string of the molecule is CCCCCCCCOCC(COCCCCCCCC)(COCCN(C)C)COCCN(C)C.Cl.Cl. The van der Waals surface area contributed by atoms with Crippen LogP contribution in [0, 0.1) is 5.41 Å². The first-order valence-electron chi connectivity index (χ1n) is 14.6. The van der Waals surface area contributed by atoms with E-state index in [-0.39, 0.29) is 30.2 Å². The molecule has 228 valence electrons. The van der Waals surface area contributed by atoms with Crippen molar-refractivity contribution in [1.82, 2.24) is 9.80 Å². The third-order valence-corrected chi connectivity index (χ3v) is 6.28. The van der Waals surface area contributed by atoms with Crippen molar-refractivity contribution in [3.8, 4) is 0 Å². The molecule has 0 N–H and O–H groups in total. The van der Waals surface area contributed by atoms with Gasteiger partial charge in [0.1, 0.15) is 0 Å². The highest BCUT2D eigenvalue weighted by Crippen LogP contribution is 2.22. The maximum atomic E-state index is 6.22. The summed E-state index contributed by atoms with van der Waals surface area (Å²) in [5.74, 6) is 0. The lowest BCUT2D eigenvalue weighted by Crippen LogP contribution is -2.43. The largest absolute Gasteiger partial charge is 0.381 e. The molecule has 0 unspecified atom stereocenters. The summed E-state index contributed by atoms with van der Waals surface area (Å²) in [6, 6.07) is 0. The van der Waals surface area contributed by atoms with Gasteiger partial charge in [0.25, 0.3) is 0 Å². The minimum Gasteiger partial charge on any atom is -0.381 e. The van der Waals surface area contributed by atoms with Crippen molar-refractivity contribution in [3.05, 3.63) is 0 Å². The Labute approximate surface area is 243 Å². The second-order valence-electron chi connectivity index (χ2n) is 10.9. The topological polar surface area (TPSA) is 43.4 Å². The molecular weight excluding hydrogens is 511 g/mol. The number of hydrogen-bond donors (Lipinski definition) is 0. The molecule has 0 aliphatic carbocycles. The van der Waals surface area contributed by atoms with Crippen molar-refractivity contribution < 1.29 is 18.9 Å². The van der Waals surface area contributed by atoms with Gasteiger partial charge in [-0.2, -0.15) is 0 Å². The smallest absolute Gasteiger partial charge is 0.0637 e. The molecule has 0 fully saturated rings. The second-order valence-corrected chi connectivity index (χ2v) is 10.9. The predicted octanol–water partition coefficient (Wildman–Crippen LogP) is 6.73. The van der Waals surface area contributed by atoms with Crippen LogP contribution < -0.4 is 0 Å². The fourth-order valence-electron chi connectivity index (χ4n) is 3.87. The lowest BCUT2D eigenvalue weighted by Gasteiger charge is -2.33. The summed E-state index contributed by atoms with van der Waals surface area (Å²) >= 11 is 0. The zero-order valence-electron chi connectivity index (χ0n) is 25.4. The Balaban J connectivity index is -0.00000578. The van der Waals surface area contributed by atoms with Crippen molar-refractivity contribution in [3.63, 3.8) is 0 Å². The molecule has 37 heavy (non-hydrogen) atoms. The Hall–Kier alpha value is 0.340. The fraction of sp³-hybridized carbons (Fsp3) is 1.00. The normalized spacial score (nSPS) is 11.7. The average Bonchev–Trinajstić information content (AvgIpc) is 2.82. The van der Waals surface area contributed by atoms with Gasteiger partial charge >= 0.3 is 0 Å². The summed E-state index contributed by atoms with van der Waals surface area (Å²) in [5.41, 5.74) is -0.261. The first-order valence-corrected chi connectivity index (χ1v) is 14.6. The minimum atomic E-state index is -0.261. The Bertz CT molecular complexity index is 395. The van der Waals surface area contributed by atoms with E-state index >= 15 is 0 Å². The fourth-order valence-corrected chi connectivity index (χ4v) is 3.87. The summed E-state index contributed by atoms with van der Waals surface area (Å²) in [7, 11) is 8.31. The Morgan fingerprint density at radius 2 is 0.730 bits per heavy atom. The van der Waals surface area contributed by atoms with Crippen LogP contribution in [0.25, 0.3) is 0 Å². The Kier molecular flexibility index (Phi) is 34.9. The Morgan fingerprint density at radius 3 is 1.05 bits per heavy atom. The maximum absolute atomic E-state index is 6.22. The summed E-state index contributed by atoms with van der Waals surface area (Å²) in [5, 5.41) is 0. The predicted molar refractivity (Wildman–Crippen MR) is 164 cm³/mol. The van der Waals surface area contributed by atoms with Crippen LogP contribution in [0.15, 0.2) is 0 Å². The molecule has 0 bridgehead atoms. The number of ether oxygens (including phenoxy) is 4. The van der Waals surface area contributed by atoms with Gasteiger partial charge in [-0.05, 0) is 41.0 Å². The standard InChI is InChI=1S/C29H62N2O4.2ClH/c1-7-9-11-13-15-17-21-32-25-29(27-34-23-19-30(3)4,28-35-24-20-31(5)6)26-33-22-18-16-14-12-10-8-2;;/h7-28H2,1-6H3;2*1H. The van der Waals surface area contributed by atoms with Gasteiger partial charge in [-0.15, -0.1) is 24.8 Å². The van der Waals surface area contributed by atoms with Crippen molar-refractivity contribution >= 4 is 24.8 Å². The van der Waals surface area contributed by atoms with Crippen LogP contribution in [-0.2, 0) is 18.9 Å². The maximum Gasteiger partial charge on any atom is 0.0637 e. The molecule has 0 aromatic rings. The highest BCUT2D eigenvalue weighted by atomic mass is 35.5. The number of unbranched alkanes of at least 4 members (excludes halogenated alkanes) is 10. The van der Waals surface area contributed by atoms with E-state index < -0.39 is 0 Å². The van der Waals surface area contributed by atoms with Crippen LogP contribution in [-0.4, -0.2) is 104 Å². The number of likely N-dealkylation sites (N-methyl/N-ethyl adjacent to an activating group) is 2. The molecule has 0 radical (unpaired) electrons. The van der Waals surface area contributed by atoms with Crippen molar-refractivity contribution in [2.45, 2.75) is 90.9 Å². The van der Waals surface area contributed by atoms with Crippen LogP contribution in [0.5, 0.6) is 0 Å². The molecule has 0 aliphatic heterocycles. The number of halogens is 2. The van der Waals surface area contributed by atoms with Gasteiger partial charge in [-0.3, -0.25) is 0 Å². The highest BCUT2D eigenvalue weighted by molar-refractivity contribution is 5.85. The molecule has 0 atom stereocenters. The lowest BCUT2D eigenvalue weighted by molar-refractivity contribution is -0.108. The van der Waals surface area contributed by atoms with Crippen LogP contribution in [0.1, 0.15) is 90.9 Å². The van der Waals surface area contributed by atoms with Gasteiger partial charge in [0.15, 0.2) is 0 Å². The third kappa shape index (κ3) is 29.2. The Morgan fingerprint density at radius 1 is 0.432 bits per heavy atom. The van der Waals surface area contributed by atoms with Gasteiger partial charge in [0, 0.05) is 26.3 Å². The molecule has 0 aromatic carbocycles. The summed E-state index contributed by atoms with van der Waals surface area (Å²) < 4.78 is 24.7. The zero-order chi connectivity index (χ0) is 26.0. The van der Waals surface area contributed by atoms with E-state index in [1.54, 1.807) is 0 Å². The van der Waals surface area contributed by atoms with Crippen LogP contribution in [0.2, 0.25) is 0 Å². The van der Waals surface area contributed by atoms with E-state index in [9.17, 15) is 0 Å². The highest BCUT2D eigenvalue weighted by Gasteiger charge is 2.32. The van der Waals surface area contributed by atoms with Gasteiger partial charge in [0.05, 0.1) is 45.1 Å². The molecule has 6 nitrogen and oxygen atoms in total. The van der Waals surface area contributed by atoms with E-state index in [1.807, 2.05) is 0 Å². The molecule has 0 aliphatic rings. The summed E-state index contributed by atoms with van der Waals surface area (Å²) in [6.45, 7) is 11.8. The number of rotatable bonds is 28. The molecule has 0 heterocycles.